The summed E-state index contributed by atoms with van der Waals surface area (Å²) in [5, 5.41) is 2.62. The fourth-order valence-corrected chi connectivity index (χ4v) is 1.60. The fraction of sp³-hybridized carbons (Fsp3) is 0.385. The fourth-order valence-electron chi connectivity index (χ4n) is 1.60. The number of hydrogen-bond donors (Lipinski definition) is 0. The van der Waals surface area contributed by atoms with Gasteiger partial charge in [-0.3, -0.25) is 0 Å². The Hall–Kier alpha value is -1.24. The molecule has 0 aliphatic carbocycles. The van der Waals surface area contributed by atoms with Crippen LogP contribution in [0.15, 0.2) is 24.4 Å². The molecule has 0 aliphatic rings. The lowest BCUT2D eigenvalue weighted by Crippen LogP contribution is -2.30. The summed E-state index contributed by atoms with van der Waals surface area (Å²) >= 11 is 0. The molecule has 0 spiro atoms. The van der Waals surface area contributed by atoms with E-state index < -0.39 is 0 Å². The highest BCUT2D eigenvalue weighted by Crippen LogP contribution is 2.02. The van der Waals surface area contributed by atoms with Gasteiger partial charge < -0.3 is 4.57 Å². The molecule has 76 valence electrons. The van der Waals surface area contributed by atoms with Crippen LogP contribution >= 0.6 is 0 Å². The highest BCUT2D eigenvalue weighted by molar-refractivity contribution is 5.60. The van der Waals surface area contributed by atoms with Gasteiger partial charge in [-0.2, -0.15) is 0 Å². The smallest absolute Gasteiger partial charge is 0.0509 e. The van der Waals surface area contributed by atoms with Crippen LogP contribution in [0.4, 0.5) is 0 Å². The third-order valence-corrected chi connectivity index (χ3v) is 2.61. The van der Waals surface area contributed by atoms with Crippen molar-refractivity contribution in [2.24, 2.45) is 7.05 Å². The maximum atomic E-state index is 3.99. The summed E-state index contributed by atoms with van der Waals surface area (Å²) in [7, 11) is 2.08. The first-order valence-corrected chi connectivity index (χ1v) is 4.90. The molecular weight excluding hydrogens is 170 g/mol. The number of allylic oxidation sites excluding steroid dienone is 1. The van der Waals surface area contributed by atoms with Crippen molar-refractivity contribution in [1.82, 2.24) is 4.57 Å². The van der Waals surface area contributed by atoms with E-state index in [1.54, 1.807) is 0 Å². The predicted molar refractivity (Wildman–Crippen MR) is 63.3 cm³/mol. The Morgan fingerprint density at radius 3 is 2.21 bits per heavy atom. The van der Waals surface area contributed by atoms with E-state index in [0.29, 0.717) is 0 Å². The van der Waals surface area contributed by atoms with Crippen molar-refractivity contribution < 1.29 is 0 Å². The molecular formula is C13H19N. The Morgan fingerprint density at radius 1 is 1.21 bits per heavy atom. The zero-order valence-corrected chi connectivity index (χ0v) is 9.81. The van der Waals surface area contributed by atoms with Crippen LogP contribution in [0.2, 0.25) is 0 Å². The molecule has 1 aromatic heterocycles. The minimum atomic E-state index is 1.13. The quantitative estimate of drug-likeness (QED) is 0.636. The van der Waals surface area contributed by atoms with Crippen molar-refractivity contribution in [1.29, 1.82) is 0 Å². The summed E-state index contributed by atoms with van der Waals surface area (Å²) in [5.74, 6) is 0. The maximum absolute atomic E-state index is 3.99. The van der Waals surface area contributed by atoms with E-state index in [1.165, 1.54) is 21.7 Å². The van der Waals surface area contributed by atoms with E-state index >= 15 is 0 Å². The number of rotatable bonds is 1. The van der Waals surface area contributed by atoms with Gasteiger partial charge in [0.15, 0.2) is 0 Å². The van der Waals surface area contributed by atoms with Gasteiger partial charge in [0.05, 0.1) is 5.35 Å². The molecule has 1 heteroatoms. The standard InChI is InChI=1S/C13H19N/c1-9(2)11(5)13-12(10(3)4)7-8-14(13)6/h7-8H,1H2,2-6H3/b13-11+. The summed E-state index contributed by atoms with van der Waals surface area (Å²) in [6, 6.07) is 2.16. The van der Waals surface area contributed by atoms with Crippen LogP contribution in [0.5, 0.6) is 0 Å². The topological polar surface area (TPSA) is 4.93 Å². The molecule has 0 bridgehead atoms. The van der Waals surface area contributed by atoms with Gasteiger partial charge in [-0.05, 0) is 44.6 Å². The normalized spacial score (nSPS) is 12.6. The molecule has 0 radical (unpaired) electrons. The second-order valence-corrected chi connectivity index (χ2v) is 4.09. The van der Waals surface area contributed by atoms with E-state index in [0.717, 1.165) is 5.57 Å². The van der Waals surface area contributed by atoms with E-state index in [2.05, 4.69) is 58.2 Å². The third-order valence-electron chi connectivity index (χ3n) is 2.61. The van der Waals surface area contributed by atoms with Crippen LogP contribution in [-0.4, -0.2) is 4.57 Å². The molecule has 1 rings (SSSR count). The van der Waals surface area contributed by atoms with Crippen molar-refractivity contribution in [2.75, 3.05) is 0 Å². The Balaban J connectivity index is 3.81. The van der Waals surface area contributed by atoms with Crippen molar-refractivity contribution in [3.8, 4) is 0 Å². The molecule has 0 unspecified atom stereocenters. The lowest BCUT2D eigenvalue weighted by atomic mass is 10.1. The molecule has 0 aliphatic heterocycles. The molecule has 0 N–H and O–H groups in total. The SMILES string of the molecule is C=C(C)/C(C)=c1\c(=C(C)C)ccn1C. The zero-order valence-electron chi connectivity index (χ0n) is 9.81. The van der Waals surface area contributed by atoms with E-state index in [9.17, 15) is 0 Å². The number of aromatic nitrogens is 1. The molecule has 0 fully saturated rings. The summed E-state index contributed by atoms with van der Waals surface area (Å²) in [5.41, 5.74) is 3.75. The lowest BCUT2D eigenvalue weighted by molar-refractivity contribution is 0.882. The largest absolute Gasteiger partial charge is 0.350 e. The average molecular weight is 189 g/mol. The summed E-state index contributed by atoms with van der Waals surface area (Å²) in [6.07, 6.45) is 2.10. The lowest BCUT2D eigenvalue weighted by Gasteiger charge is -2.01. The Kier molecular flexibility index (Phi) is 3.00. The summed E-state index contributed by atoms with van der Waals surface area (Å²) < 4.78 is 2.16. The summed E-state index contributed by atoms with van der Waals surface area (Å²) in [6.45, 7) is 12.5. The monoisotopic (exact) mass is 189 g/mol. The molecule has 1 nitrogen and oxygen atoms in total. The van der Waals surface area contributed by atoms with Crippen LogP contribution in [0, 0.1) is 0 Å². The zero-order chi connectivity index (χ0) is 10.9. The molecule has 0 amide bonds. The minimum Gasteiger partial charge on any atom is -0.350 e. The first-order chi connectivity index (χ1) is 6.45. The van der Waals surface area contributed by atoms with Gasteiger partial charge in [0.1, 0.15) is 0 Å². The van der Waals surface area contributed by atoms with Gasteiger partial charge >= 0.3 is 0 Å². The van der Waals surface area contributed by atoms with Crippen LogP contribution in [0.25, 0.3) is 11.1 Å². The number of hydrogen-bond acceptors (Lipinski definition) is 0. The van der Waals surface area contributed by atoms with E-state index in [1.807, 2.05) is 0 Å². The van der Waals surface area contributed by atoms with Gasteiger partial charge in [-0.1, -0.05) is 17.7 Å². The second-order valence-electron chi connectivity index (χ2n) is 4.09. The van der Waals surface area contributed by atoms with E-state index in [-0.39, 0.29) is 0 Å². The van der Waals surface area contributed by atoms with Crippen LogP contribution in [0.3, 0.4) is 0 Å². The molecule has 0 saturated heterocycles. The highest BCUT2D eigenvalue weighted by Gasteiger charge is 1.98. The number of nitrogens with zero attached hydrogens (tertiary/aromatic N) is 1. The van der Waals surface area contributed by atoms with Crippen LogP contribution in [-0.2, 0) is 7.05 Å². The molecule has 0 aromatic carbocycles. The third kappa shape index (κ3) is 1.82. The highest BCUT2D eigenvalue weighted by atomic mass is 14.9. The molecule has 1 aromatic rings. The Bertz CT molecular complexity index is 468. The van der Waals surface area contributed by atoms with E-state index in [4.69, 9.17) is 0 Å². The van der Waals surface area contributed by atoms with Gasteiger partial charge in [0.25, 0.3) is 0 Å². The summed E-state index contributed by atoms with van der Waals surface area (Å²) in [4.78, 5) is 0. The Morgan fingerprint density at radius 2 is 1.79 bits per heavy atom. The molecule has 0 saturated carbocycles. The maximum Gasteiger partial charge on any atom is 0.0509 e. The first-order valence-electron chi connectivity index (χ1n) is 4.90. The van der Waals surface area contributed by atoms with Gasteiger partial charge in [-0.25, -0.2) is 0 Å². The molecule has 0 atom stereocenters. The van der Waals surface area contributed by atoms with Crippen molar-refractivity contribution in [2.45, 2.75) is 27.7 Å². The average Bonchev–Trinajstić information content (AvgIpc) is 2.45. The minimum absolute atomic E-state index is 1.13. The predicted octanol–water partition coefficient (Wildman–Crippen LogP) is 1.96. The first kappa shape index (κ1) is 10.8. The van der Waals surface area contributed by atoms with Gasteiger partial charge in [0.2, 0.25) is 0 Å². The van der Waals surface area contributed by atoms with Crippen LogP contribution < -0.4 is 10.6 Å². The van der Waals surface area contributed by atoms with Gasteiger partial charge in [-0.15, -0.1) is 0 Å². The molecule has 1 heterocycles. The van der Waals surface area contributed by atoms with Crippen molar-refractivity contribution in [3.63, 3.8) is 0 Å². The van der Waals surface area contributed by atoms with Gasteiger partial charge in [0, 0.05) is 13.2 Å². The Labute approximate surface area is 86.1 Å². The van der Waals surface area contributed by atoms with Crippen molar-refractivity contribution >= 4 is 11.1 Å². The van der Waals surface area contributed by atoms with Crippen LogP contribution in [0.1, 0.15) is 27.7 Å². The number of aryl methyl sites for hydroxylation is 1. The molecule has 14 heavy (non-hydrogen) atoms. The second kappa shape index (κ2) is 3.87. The van der Waals surface area contributed by atoms with Crippen molar-refractivity contribution in [3.05, 3.63) is 35.0 Å².